The summed E-state index contributed by atoms with van der Waals surface area (Å²) in [6, 6.07) is 8.05. The molecular formula is C94H133F8N13O23S3. The topological polar surface area (TPSA) is 469 Å². The summed E-state index contributed by atoms with van der Waals surface area (Å²) in [6.45, 7) is 18.7. The maximum Gasteiger partial charge on any atom is 0.412 e. The molecule has 0 aromatic heterocycles. The summed E-state index contributed by atoms with van der Waals surface area (Å²) in [6.07, 6.45) is 13.3. The molecule has 6 aliphatic heterocycles. The van der Waals surface area contributed by atoms with Crippen LogP contribution >= 0.6 is 35.3 Å². The average molecular weight is 2060 g/mol. The summed E-state index contributed by atoms with van der Waals surface area (Å²) in [7, 11) is 0. The van der Waals surface area contributed by atoms with Crippen molar-refractivity contribution in [2.75, 3.05) is 181 Å². The number of urea groups is 3. The van der Waals surface area contributed by atoms with Gasteiger partial charge in [-0.2, -0.15) is 52.8 Å². The number of amides is 12. The van der Waals surface area contributed by atoms with Crippen molar-refractivity contribution in [3.05, 3.63) is 123 Å². The van der Waals surface area contributed by atoms with E-state index >= 15 is 0 Å². The molecule has 4 aromatic rings. The molecule has 786 valence electrons. The Morgan fingerprint density at radius 3 is 0.943 bits per heavy atom. The minimum Gasteiger partial charge on any atom is -0.444 e. The number of unbranched alkanes of at least 4 members (excludes halogenated alkanes) is 3. The molecule has 0 saturated carbocycles. The fourth-order valence-corrected chi connectivity index (χ4v) is 19.7. The molecule has 4 aromatic carbocycles. The van der Waals surface area contributed by atoms with E-state index in [1.807, 2.05) is 42.2 Å². The normalized spacial score (nSPS) is 18.5. The Bertz CT molecular complexity index is 4400. The molecule has 0 aliphatic carbocycles. The molecule has 6 heterocycles. The summed E-state index contributed by atoms with van der Waals surface area (Å²) in [4.78, 5) is 134. The highest BCUT2D eigenvalue weighted by molar-refractivity contribution is 8.00. The number of nitrogens with two attached hydrogens (primary N) is 1. The maximum atomic E-state index is 14.0. The minimum absolute atomic E-state index is 0.0464. The van der Waals surface area contributed by atoms with Crippen LogP contribution in [0.25, 0.3) is 0 Å². The molecule has 12 amide bonds. The fraction of sp³-hybridized carbons (Fsp3) is 0.628. The van der Waals surface area contributed by atoms with Crippen LogP contribution in [0.4, 0.5) is 60.0 Å². The zero-order valence-corrected chi connectivity index (χ0v) is 82.3. The lowest BCUT2D eigenvalue weighted by atomic mass is 10.0. The molecule has 9 unspecified atom stereocenters. The van der Waals surface area contributed by atoms with E-state index in [1.165, 1.54) is 20.8 Å². The third-order valence-electron chi connectivity index (χ3n) is 22.0. The first kappa shape index (κ1) is 117. The van der Waals surface area contributed by atoms with Crippen LogP contribution in [0.3, 0.4) is 0 Å². The highest BCUT2D eigenvalue weighted by Crippen LogP contribution is 2.37. The van der Waals surface area contributed by atoms with E-state index in [0.717, 1.165) is 118 Å². The first-order valence-corrected chi connectivity index (χ1v) is 50.7. The van der Waals surface area contributed by atoms with Gasteiger partial charge in [0, 0.05) is 154 Å². The fourth-order valence-electron chi connectivity index (χ4n) is 15.0. The minimum atomic E-state index is -2.09. The van der Waals surface area contributed by atoms with Gasteiger partial charge < -0.3 is 121 Å². The predicted octanol–water partition coefficient (Wildman–Crippen LogP) is 10.0. The van der Waals surface area contributed by atoms with Crippen molar-refractivity contribution in [1.29, 1.82) is 0 Å². The number of benzene rings is 4. The smallest absolute Gasteiger partial charge is 0.412 e. The molecule has 6 aliphatic rings. The van der Waals surface area contributed by atoms with Gasteiger partial charge in [0.25, 0.3) is 11.8 Å². The van der Waals surface area contributed by atoms with Crippen molar-refractivity contribution in [3.8, 4) is 11.5 Å². The lowest BCUT2D eigenvalue weighted by Crippen LogP contribution is -2.36. The second-order valence-corrected chi connectivity index (χ2v) is 38.3. The molecule has 0 bridgehead atoms. The lowest BCUT2D eigenvalue weighted by Gasteiger charge is -2.20. The van der Waals surface area contributed by atoms with Gasteiger partial charge in [0.15, 0.2) is 23.3 Å². The van der Waals surface area contributed by atoms with Crippen LogP contribution in [0.5, 0.6) is 11.5 Å². The van der Waals surface area contributed by atoms with E-state index in [0.29, 0.717) is 223 Å². The zero-order valence-electron chi connectivity index (χ0n) is 79.9. The van der Waals surface area contributed by atoms with E-state index in [1.54, 1.807) is 18.2 Å². The molecule has 10 rings (SSSR count). The van der Waals surface area contributed by atoms with Gasteiger partial charge >= 0.3 is 36.1 Å². The van der Waals surface area contributed by atoms with Gasteiger partial charge in [-0.15, -0.1) is 0 Å². The number of hydrogen-bond acceptors (Lipinski definition) is 27. The quantitative estimate of drug-likeness (QED) is 0.00488. The Morgan fingerprint density at radius 2 is 0.645 bits per heavy atom. The molecule has 14 N–H and O–H groups in total. The number of anilines is 1. The molecule has 9 atom stereocenters. The van der Waals surface area contributed by atoms with Crippen LogP contribution in [0, 0.1) is 53.5 Å². The van der Waals surface area contributed by atoms with Crippen LogP contribution in [-0.4, -0.2) is 299 Å². The molecular weight excluding hydrogens is 1930 g/mol. The molecule has 0 radical (unpaired) electrons. The monoisotopic (exact) mass is 2060 g/mol. The number of nitrogens with one attached hydrogen (secondary N) is 12. The van der Waals surface area contributed by atoms with Crippen molar-refractivity contribution in [3.63, 3.8) is 0 Å². The third kappa shape index (κ3) is 43.4. The number of hydrogen-bond donors (Lipinski definition) is 13. The average Bonchev–Trinajstić information content (AvgIpc) is 1.80. The van der Waals surface area contributed by atoms with E-state index in [2.05, 4.69) is 73.3 Å². The van der Waals surface area contributed by atoms with Gasteiger partial charge in [0.1, 0.15) is 5.60 Å². The van der Waals surface area contributed by atoms with Crippen LogP contribution < -0.4 is 79.0 Å². The molecule has 0 spiro atoms. The highest BCUT2D eigenvalue weighted by Gasteiger charge is 2.45. The van der Waals surface area contributed by atoms with Crippen molar-refractivity contribution < 1.29 is 145 Å². The van der Waals surface area contributed by atoms with Gasteiger partial charge in [-0.25, -0.2) is 46.3 Å². The van der Waals surface area contributed by atoms with Crippen molar-refractivity contribution in [1.82, 2.24) is 58.5 Å². The van der Waals surface area contributed by atoms with Crippen molar-refractivity contribution in [2.45, 2.75) is 201 Å². The summed E-state index contributed by atoms with van der Waals surface area (Å²) in [5.41, 5.74) is 3.83. The second kappa shape index (κ2) is 64.2. The Balaban J connectivity index is 0.000000290. The number of rotatable bonds is 63. The second-order valence-electron chi connectivity index (χ2n) is 34.5. The first-order valence-electron chi connectivity index (χ1n) is 47.5. The van der Waals surface area contributed by atoms with E-state index < -0.39 is 98.5 Å². The van der Waals surface area contributed by atoms with Gasteiger partial charge in [-0.3, -0.25) is 29.3 Å². The first-order chi connectivity index (χ1) is 67.8. The van der Waals surface area contributed by atoms with Crippen LogP contribution in [0.1, 0.15) is 183 Å². The Kier molecular flexibility index (Phi) is 53.1. The number of thioether (sulfide) groups is 3. The molecule has 141 heavy (non-hydrogen) atoms. The molecule has 6 saturated heterocycles. The number of carbonyl (C=O) groups is 11. The Labute approximate surface area is 827 Å². The number of halogens is 8. The van der Waals surface area contributed by atoms with Crippen LogP contribution in [0.15, 0.2) is 48.5 Å². The van der Waals surface area contributed by atoms with Crippen molar-refractivity contribution in [2.24, 2.45) is 5.73 Å². The number of esters is 2. The van der Waals surface area contributed by atoms with E-state index in [9.17, 15) is 87.9 Å². The number of fused-ring (bicyclic) bond motifs is 3. The molecule has 36 nitrogen and oxygen atoms in total. The number of carbonyl (C=O) groups excluding carboxylic acids is 11. The largest absolute Gasteiger partial charge is 0.444 e. The molecule has 6 fully saturated rings. The summed E-state index contributed by atoms with van der Waals surface area (Å²) in [5.74, 6) is -20.5. The van der Waals surface area contributed by atoms with Gasteiger partial charge in [0.05, 0.1) is 127 Å². The summed E-state index contributed by atoms with van der Waals surface area (Å²) in [5, 5.41) is 35.9. The maximum absolute atomic E-state index is 14.0. The SMILES string of the molecule is CC(C)(C)OC(=O)Nc1cc(C(=O)Oc2c(F)c(F)cc(F)c2F)cc(C(=O)Oc2c(F)c(F)cc(F)c2F)c1.Cc1cc(C(=O)NCCCOCCOCCOCCCNC(=O)CCCCC2SCC3NC(=O)NC32)cc(C(=O)NCCCOCCOCCOCCCNC(=O)CCCCC2SCC3NC(=O)NC32)c1.NCCCOCCOCCOCCCNC(=O)CCCCC1SCC2NC(=O)NC21. The van der Waals surface area contributed by atoms with E-state index in [4.69, 9.17) is 53.1 Å². The Hall–Kier alpha value is -9.66. The zero-order chi connectivity index (χ0) is 102. The predicted molar refractivity (Wildman–Crippen MR) is 510 cm³/mol. The van der Waals surface area contributed by atoms with Crippen LogP contribution in [-0.2, 0) is 61.8 Å². The molecule has 47 heteroatoms. The van der Waals surface area contributed by atoms with Gasteiger partial charge in [-0.05, 0) is 153 Å². The van der Waals surface area contributed by atoms with Gasteiger partial charge in [0.2, 0.25) is 52.5 Å². The summed E-state index contributed by atoms with van der Waals surface area (Å²) < 4.78 is 174. The lowest BCUT2D eigenvalue weighted by molar-refractivity contribution is -0.122. The van der Waals surface area contributed by atoms with E-state index in [-0.39, 0.29) is 96.0 Å². The van der Waals surface area contributed by atoms with Gasteiger partial charge in [-0.1, -0.05) is 19.3 Å². The number of ether oxygens (including phenoxy) is 12. The standard InChI is InChI=1S/C49H80N8O12S2.C25H15F8NO6.C20H38N4O5S/c1-35-30-36(46(60)52-16-8-20-66-24-28-68-26-22-64-18-6-14-50-42(58)12-4-2-10-40-44-38(33-70-40)54-48(62)56-44)32-37(31-35)47(61)53-17-9-21-67-25-29-69-27-23-65-19-7-15-51-43(59)13-5-3-11-41-45-39(34-71-41)55-49(63)57-45;1-25(2,3)40-24(37)34-11-5-9(22(35)38-20-16(30)12(26)7-13(27)17(20)31)4-10(6-11)23(36)39-21-18(32)14(28)8-15(29)19(21)33;21-7-3-9-27-11-13-29-14-12-28-10-4-8-22-18(25)6-2-1-5-17-19-16(15-30-17)23-20(26)24-19/h30-32,38-41,44-45H,2-29,33-34H2,1H3,(H,50,58)(H,51,59)(H,52,60)(H,53,61)(H2,54,56,62)(H2,55,57,63);4-8H,1-3H3,(H,34,37);16-17,19H,1-15,21H2,(H,22,25)(H2,23,24,26). The van der Waals surface area contributed by atoms with Crippen molar-refractivity contribution >= 4 is 107 Å². The number of aryl methyl sites for hydroxylation is 1. The third-order valence-corrected chi connectivity index (χ3v) is 26.5. The highest BCUT2D eigenvalue weighted by atomic mass is 32.2. The summed E-state index contributed by atoms with van der Waals surface area (Å²) >= 11 is 5.71. The Morgan fingerprint density at radius 1 is 0.362 bits per heavy atom. The van der Waals surface area contributed by atoms with Crippen LogP contribution in [0.2, 0.25) is 0 Å².